The molecule has 0 unspecified atom stereocenters. The molecule has 0 bridgehead atoms. The van der Waals surface area contributed by atoms with E-state index >= 15 is 0 Å². The Hall–Kier alpha value is -2.36. The summed E-state index contributed by atoms with van der Waals surface area (Å²) in [5.41, 5.74) is 9.81. The Morgan fingerprint density at radius 3 is 1.13 bits per heavy atom. The number of hydrogen-bond donors (Lipinski definition) is 0. The normalized spacial score (nSPS) is 13.1. The second kappa shape index (κ2) is 29.2. The van der Waals surface area contributed by atoms with E-state index < -0.39 is 0 Å². The third kappa shape index (κ3) is 14.9. The molecule has 6 aromatic heterocycles. The fraction of sp³-hybridized carbons (Fsp3) is 0.429. The number of thiophene rings is 6. The number of carbonyl (C=O) groups is 2. The standard InChI is InChI=1S/C63H72O2S10/c1-5-9-13-17-21-42-25-28-46(69-42)39-66-62(67-40-47-29-26-43(70-47)22-18-14-10-6-2)58-51-35-54-52(36-53(51)60-55(58)33-49(37-64)73-60)59(56-34-50(38-65)74-61(54)56)63(75-57-32-31-45(72-57)24-20-16-12-8-4)68-41-48-30-27-44(71-48)23-19-15-11-7-3/h25-38H,5-24,39-41H2,1-4H3/b63-59-. The van der Waals surface area contributed by atoms with Crippen LogP contribution in [0.1, 0.15) is 206 Å². The Balaban J connectivity index is 1.12. The smallest absolute Gasteiger partial charge is 0.160 e. The number of fused-ring (bicyclic) bond motifs is 6. The Morgan fingerprint density at radius 1 is 0.373 bits per heavy atom. The molecule has 2 aliphatic rings. The highest BCUT2D eigenvalue weighted by Gasteiger charge is 2.36. The van der Waals surface area contributed by atoms with Gasteiger partial charge in [-0.25, -0.2) is 0 Å². The maximum atomic E-state index is 12.7. The summed E-state index contributed by atoms with van der Waals surface area (Å²) in [4.78, 5) is 39.6. The van der Waals surface area contributed by atoms with E-state index in [-0.39, 0.29) is 0 Å². The van der Waals surface area contributed by atoms with Crippen LogP contribution in [-0.2, 0) is 42.9 Å². The van der Waals surface area contributed by atoms with Crippen LogP contribution in [0.4, 0.5) is 0 Å². The Morgan fingerprint density at radius 2 is 0.733 bits per heavy atom. The quantitative estimate of drug-likeness (QED) is 0.0232. The van der Waals surface area contributed by atoms with Crippen LogP contribution in [0, 0.1) is 0 Å². The van der Waals surface area contributed by atoms with E-state index in [0.717, 1.165) is 65.3 Å². The molecule has 2 aliphatic carbocycles. The first kappa shape index (κ1) is 57.3. The van der Waals surface area contributed by atoms with Crippen molar-refractivity contribution < 1.29 is 9.59 Å². The van der Waals surface area contributed by atoms with E-state index in [0.29, 0.717) is 0 Å². The van der Waals surface area contributed by atoms with Crippen LogP contribution in [0.15, 0.2) is 85.5 Å². The van der Waals surface area contributed by atoms with Crippen molar-refractivity contribution in [1.29, 1.82) is 0 Å². The average Bonchev–Trinajstić information content (AvgIpc) is 4.31. The molecule has 9 rings (SSSR count). The fourth-order valence-electron chi connectivity index (χ4n) is 10.0. The summed E-state index contributed by atoms with van der Waals surface area (Å²) in [5, 5.41) is 0. The number of rotatable bonds is 33. The van der Waals surface area contributed by atoms with Crippen LogP contribution in [-0.4, -0.2) is 12.6 Å². The summed E-state index contributed by atoms with van der Waals surface area (Å²) in [5.74, 6) is 2.73. The zero-order valence-electron chi connectivity index (χ0n) is 44.2. The van der Waals surface area contributed by atoms with Crippen LogP contribution < -0.4 is 0 Å². The molecule has 1 aromatic carbocycles. The molecule has 0 saturated carbocycles. The lowest BCUT2D eigenvalue weighted by molar-refractivity contribution is 0.111. The lowest BCUT2D eigenvalue weighted by Gasteiger charge is -2.15. The van der Waals surface area contributed by atoms with Gasteiger partial charge in [-0.2, -0.15) is 0 Å². The second-order valence-electron chi connectivity index (χ2n) is 19.8. The van der Waals surface area contributed by atoms with Crippen molar-refractivity contribution in [2.75, 3.05) is 0 Å². The summed E-state index contributed by atoms with van der Waals surface area (Å²) in [6, 6.07) is 28.1. The Labute approximate surface area is 489 Å². The molecule has 7 aromatic rings. The number of hydrogen-bond acceptors (Lipinski definition) is 12. The maximum Gasteiger partial charge on any atom is 0.160 e. The van der Waals surface area contributed by atoms with Gasteiger partial charge < -0.3 is 0 Å². The third-order valence-electron chi connectivity index (χ3n) is 14.0. The monoisotopic (exact) mass is 1180 g/mol. The molecule has 0 radical (unpaired) electrons. The van der Waals surface area contributed by atoms with Gasteiger partial charge in [0.15, 0.2) is 12.6 Å². The third-order valence-corrected chi connectivity index (χ3v) is 26.4. The molecule has 0 saturated heterocycles. The van der Waals surface area contributed by atoms with Crippen molar-refractivity contribution >= 4 is 139 Å². The van der Waals surface area contributed by atoms with Gasteiger partial charge >= 0.3 is 0 Å². The van der Waals surface area contributed by atoms with Crippen LogP contribution >= 0.6 is 115 Å². The molecular formula is C63H72O2S10. The minimum Gasteiger partial charge on any atom is -0.297 e. The van der Waals surface area contributed by atoms with Gasteiger partial charge in [-0.15, -0.1) is 103 Å². The largest absolute Gasteiger partial charge is 0.297 e. The topological polar surface area (TPSA) is 34.1 Å². The van der Waals surface area contributed by atoms with E-state index in [1.54, 1.807) is 22.7 Å². The minimum atomic E-state index is 0.771. The molecule has 6 heterocycles. The lowest BCUT2D eigenvalue weighted by atomic mass is 9.98. The van der Waals surface area contributed by atoms with Crippen LogP contribution in [0.5, 0.6) is 0 Å². The molecule has 0 fully saturated rings. The highest BCUT2D eigenvalue weighted by molar-refractivity contribution is 8.23. The molecule has 2 nitrogen and oxygen atoms in total. The molecule has 0 atom stereocenters. The van der Waals surface area contributed by atoms with Gasteiger partial charge in [-0.1, -0.05) is 117 Å². The van der Waals surface area contributed by atoms with Crippen LogP contribution in [0.25, 0.3) is 32.0 Å². The van der Waals surface area contributed by atoms with E-state index in [2.05, 4.69) is 100 Å². The number of aryl methyl sites for hydroxylation is 4. The molecule has 12 heteroatoms. The van der Waals surface area contributed by atoms with Gasteiger partial charge in [0.25, 0.3) is 0 Å². The first-order chi connectivity index (χ1) is 36.9. The Kier molecular flexibility index (Phi) is 22.3. The van der Waals surface area contributed by atoms with Gasteiger partial charge in [0.2, 0.25) is 0 Å². The molecule has 0 spiro atoms. The van der Waals surface area contributed by atoms with Crippen molar-refractivity contribution in [2.24, 2.45) is 0 Å². The van der Waals surface area contributed by atoms with E-state index in [1.807, 2.05) is 92.4 Å². The molecule has 75 heavy (non-hydrogen) atoms. The molecule has 0 N–H and O–H groups in total. The predicted molar refractivity (Wildman–Crippen MR) is 344 cm³/mol. The minimum absolute atomic E-state index is 0.771. The SMILES string of the molecule is CCCCCCc1ccc(CSC(SCc2ccc(CCCCCC)s2)=C2c3cc4c(cc3-c3sc(C=O)cc32)/C(=C(\SCc2ccc(CCCCCC)s2)Sc2ccc(CCCCCC)s2)c2cc(C=O)sc2-4)s1. The van der Waals surface area contributed by atoms with E-state index in [1.165, 1.54) is 204 Å². The number of thioether (sulfide) groups is 4. The van der Waals surface area contributed by atoms with Crippen LogP contribution in [0.2, 0.25) is 0 Å². The summed E-state index contributed by atoms with van der Waals surface area (Å²) in [6.45, 7) is 9.14. The van der Waals surface area contributed by atoms with Crippen molar-refractivity contribution in [2.45, 2.75) is 178 Å². The van der Waals surface area contributed by atoms with Crippen molar-refractivity contribution in [3.63, 3.8) is 0 Å². The highest BCUT2D eigenvalue weighted by atomic mass is 32.2. The number of benzene rings is 1. The zero-order chi connectivity index (χ0) is 51.9. The maximum absolute atomic E-state index is 12.7. The van der Waals surface area contributed by atoms with Crippen molar-refractivity contribution in [1.82, 2.24) is 0 Å². The molecular weight excluding hydrogens is 1110 g/mol. The second-order valence-corrected chi connectivity index (χ2v) is 31.7. The van der Waals surface area contributed by atoms with Gasteiger partial charge in [0.05, 0.1) is 18.2 Å². The molecule has 396 valence electrons. The number of unbranched alkanes of at least 4 members (excludes halogenated alkanes) is 12. The average molecular weight is 1180 g/mol. The Bertz CT molecular complexity index is 2990. The van der Waals surface area contributed by atoms with Crippen molar-refractivity contribution in [3.8, 4) is 20.9 Å². The summed E-state index contributed by atoms with van der Waals surface area (Å²) >= 11 is 19.0. The molecule has 0 aliphatic heterocycles. The van der Waals surface area contributed by atoms with Gasteiger partial charge in [-0.05, 0) is 135 Å². The molecule has 0 amide bonds. The number of carbonyl (C=O) groups excluding carboxylic acids is 2. The highest BCUT2D eigenvalue weighted by Crippen LogP contribution is 2.60. The van der Waals surface area contributed by atoms with Crippen molar-refractivity contribution in [3.05, 3.63) is 147 Å². The van der Waals surface area contributed by atoms with Gasteiger partial charge in [-0.3, -0.25) is 9.59 Å². The van der Waals surface area contributed by atoms with E-state index in [4.69, 9.17) is 0 Å². The summed E-state index contributed by atoms with van der Waals surface area (Å²) in [7, 11) is 0. The first-order valence-electron chi connectivity index (χ1n) is 27.6. The van der Waals surface area contributed by atoms with Gasteiger partial charge in [0.1, 0.15) is 0 Å². The lowest BCUT2D eigenvalue weighted by Crippen LogP contribution is -1.91. The van der Waals surface area contributed by atoms with Gasteiger partial charge in [0, 0.05) is 98.8 Å². The summed E-state index contributed by atoms with van der Waals surface area (Å²) in [6.07, 6.45) is 27.1. The fourth-order valence-corrected chi connectivity index (χ4v) is 21.7. The summed E-state index contributed by atoms with van der Waals surface area (Å²) < 4.78 is 3.94. The van der Waals surface area contributed by atoms with Crippen LogP contribution in [0.3, 0.4) is 0 Å². The number of aldehydes is 2. The van der Waals surface area contributed by atoms with E-state index in [9.17, 15) is 9.59 Å². The first-order valence-corrected chi connectivity index (χ1v) is 36.3. The predicted octanol–water partition coefficient (Wildman–Crippen LogP) is 23.2. The zero-order valence-corrected chi connectivity index (χ0v) is 52.4.